The summed E-state index contributed by atoms with van der Waals surface area (Å²) in [5.74, 6) is 0.645. The summed E-state index contributed by atoms with van der Waals surface area (Å²) in [7, 11) is 1.62. The normalized spacial score (nSPS) is 12.1. The maximum atomic E-state index is 10.7. The molecule has 0 saturated heterocycles. The van der Waals surface area contributed by atoms with Gasteiger partial charge in [-0.05, 0) is 34.0 Å². The molecule has 7 nitrogen and oxygen atoms in total. The molecule has 0 aliphatic carbocycles. The molecule has 2 rings (SSSR count). The van der Waals surface area contributed by atoms with Crippen LogP contribution >= 0.6 is 0 Å². The molecule has 0 radical (unpaired) electrons. The van der Waals surface area contributed by atoms with E-state index in [-0.39, 0.29) is 12.3 Å². The Balaban J connectivity index is 2.07. The number of carbonyl (C=O) groups is 1. The third-order valence-corrected chi connectivity index (χ3v) is 3.11. The van der Waals surface area contributed by atoms with E-state index in [0.717, 1.165) is 11.3 Å². The Hall–Kier alpha value is -2.44. The van der Waals surface area contributed by atoms with E-state index >= 15 is 0 Å². The lowest BCUT2D eigenvalue weighted by molar-refractivity contribution is -0.138. The van der Waals surface area contributed by atoms with E-state index in [9.17, 15) is 4.79 Å². The average Bonchev–Trinajstić information content (AvgIpc) is 2.85. The third kappa shape index (κ3) is 4.27. The van der Waals surface area contributed by atoms with Crippen molar-refractivity contribution in [1.29, 1.82) is 0 Å². The van der Waals surface area contributed by atoms with Crippen molar-refractivity contribution in [3.63, 3.8) is 0 Å². The van der Waals surface area contributed by atoms with Gasteiger partial charge in [-0.2, -0.15) is 0 Å². The van der Waals surface area contributed by atoms with Crippen molar-refractivity contribution in [3.05, 3.63) is 35.7 Å². The predicted octanol–water partition coefficient (Wildman–Crippen LogP) is 1.38. The molecule has 0 aliphatic rings. The molecule has 0 fully saturated rings. The van der Waals surface area contributed by atoms with Crippen LogP contribution in [0.15, 0.2) is 24.3 Å². The lowest BCUT2D eigenvalue weighted by Crippen LogP contribution is -2.15. The van der Waals surface area contributed by atoms with Crippen LogP contribution in [0.4, 0.5) is 0 Å². The molecule has 1 atom stereocenters. The van der Waals surface area contributed by atoms with Gasteiger partial charge in [-0.1, -0.05) is 19.1 Å². The van der Waals surface area contributed by atoms with E-state index in [1.807, 2.05) is 31.2 Å². The first kappa shape index (κ1) is 15.0. The second-order valence-corrected chi connectivity index (χ2v) is 5.01. The molecular formula is C14H18N4O3. The van der Waals surface area contributed by atoms with Gasteiger partial charge in [-0.25, -0.2) is 4.68 Å². The van der Waals surface area contributed by atoms with Crippen LogP contribution in [0.3, 0.4) is 0 Å². The van der Waals surface area contributed by atoms with Gasteiger partial charge in [0.15, 0.2) is 5.82 Å². The number of ether oxygens (including phenoxy) is 1. The fourth-order valence-electron chi connectivity index (χ4n) is 2.11. The Morgan fingerprint density at radius 3 is 3.00 bits per heavy atom. The number of rotatable bonds is 7. The van der Waals surface area contributed by atoms with E-state index < -0.39 is 5.97 Å². The molecule has 112 valence electrons. The first-order chi connectivity index (χ1) is 10.1. The summed E-state index contributed by atoms with van der Waals surface area (Å²) in [4.78, 5) is 10.7. The Kier molecular flexibility index (Phi) is 4.86. The van der Waals surface area contributed by atoms with Crippen molar-refractivity contribution >= 4 is 5.97 Å². The molecule has 0 aliphatic heterocycles. The number of hydrogen-bond acceptors (Lipinski definition) is 5. The standard InChI is InChI=1S/C14H18N4O3/c1-10(6-14(19)20)9-18-13(15-16-17-18)8-11-4-3-5-12(7-11)21-2/h3-5,7,10H,6,8-9H2,1-2H3,(H,19,20). The summed E-state index contributed by atoms with van der Waals surface area (Å²) >= 11 is 0. The second kappa shape index (κ2) is 6.83. The van der Waals surface area contributed by atoms with Gasteiger partial charge in [0.25, 0.3) is 0 Å². The summed E-state index contributed by atoms with van der Waals surface area (Å²) in [6, 6.07) is 7.69. The van der Waals surface area contributed by atoms with Gasteiger partial charge in [0, 0.05) is 19.4 Å². The minimum Gasteiger partial charge on any atom is -0.497 e. The third-order valence-electron chi connectivity index (χ3n) is 3.11. The smallest absolute Gasteiger partial charge is 0.303 e. The maximum absolute atomic E-state index is 10.7. The molecule has 21 heavy (non-hydrogen) atoms. The quantitative estimate of drug-likeness (QED) is 0.828. The number of tetrazole rings is 1. The van der Waals surface area contributed by atoms with Gasteiger partial charge < -0.3 is 9.84 Å². The Morgan fingerprint density at radius 1 is 1.48 bits per heavy atom. The molecule has 2 aromatic rings. The highest BCUT2D eigenvalue weighted by molar-refractivity contribution is 5.66. The van der Waals surface area contributed by atoms with Crippen molar-refractivity contribution in [2.24, 2.45) is 5.92 Å². The van der Waals surface area contributed by atoms with E-state index in [4.69, 9.17) is 9.84 Å². The van der Waals surface area contributed by atoms with Gasteiger partial charge in [-0.3, -0.25) is 4.79 Å². The fourth-order valence-corrected chi connectivity index (χ4v) is 2.11. The molecule has 1 heterocycles. The molecule has 7 heteroatoms. The number of carboxylic acids is 1. The second-order valence-electron chi connectivity index (χ2n) is 5.01. The molecule has 1 unspecified atom stereocenters. The molecule has 1 aromatic heterocycles. The summed E-state index contributed by atoms with van der Waals surface area (Å²) in [6.45, 7) is 2.35. The molecule has 0 spiro atoms. The number of benzene rings is 1. The van der Waals surface area contributed by atoms with Gasteiger partial charge in [-0.15, -0.1) is 5.10 Å². The lowest BCUT2D eigenvalue weighted by atomic mass is 10.1. The molecule has 1 aromatic carbocycles. The largest absolute Gasteiger partial charge is 0.497 e. The van der Waals surface area contributed by atoms with Crippen molar-refractivity contribution in [2.75, 3.05) is 7.11 Å². The molecule has 0 bridgehead atoms. The zero-order chi connectivity index (χ0) is 15.2. The van der Waals surface area contributed by atoms with Crippen LogP contribution in [0.5, 0.6) is 5.75 Å². The van der Waals surface area contributed by atoms with Crippen LogP contribution in [0.25, 0.3) is 0 Å². The molecule has 1 N–H and O–H groups in total. The van der Waals surface area contributed by atoms with Gasteiger partial charge in [0.1, 0.15) is 5.75 Å². The number of hydrogen-bond donors (Lipinski definition) is 1. The minimum atomic E-state index is -0.815. The average molecular weight is 290 g/mol. The van der Waals surface area contributed by atoms with Crippen LogP contribution in [0, 0.1) is 5.92 Å². The lowest BCUT2D eigenvalue weighted by Gasteiger charge is -2.10. The van der Waals surface area contributed by atoms with E-state index in [2.05, 4.69) is 15.5 Å². The topological polar surface area (TPSA) is 90.1 Å². The van der Waals surface area contributed by atoms with Gasteiger partial charge in [0.2, 0.25) is 0 Å². The number of aromatic nitrogens is 4. The number of aliphatic carboxylic acids is 1. The summed E-state index contributed by atoms with van der Waals surface area (Å²) in [5.41, 5.74) is 1.04. The van der Waals surface area contributed by atoms with Crippen LogP contribution in [-0.2, 0) is 17.8 Å². The fraction of sp³-hybridized carbons (Fsp3) is 0.429. The van der Waals surface area contributed by atoms with Gasteiger partial charge >= 0.3 is 5.97 Å². The Labute approximate surface area is 122 Å². The Bertz CT molecular complexity index is 612. The number of nitrogens with zero attached hydrogens (tertiary/aromatic N) is 4. The highest BCUT2D eigenvalue weighted by atomic mass is 16.5. The van der Waals surface area contributed by atoms with E-state index in [1.54, 1.807) is 11.8 Å². The van der Waals surface area contributed by atoms with Crippen LogP contribution in [0.2, 0.25) is 0 Å². The molecule has 0 saturated carbocycles. The zero-order valence-electron chi connectivity index (χ0n) is 12.1. The summed E-state index contributed by atoms with van der Waals surface area (Å²) in [5, 5.41) is 20.4. The first-order valence-corrected chi connectivity index (χ1v) is 6.68. The molecule has 0 amide bonds. The number of methoxy groups -OCH3 is 1. The monoisotopic (exact) mass is 290 g/mol. The number of carboxylic acid groups (broad SMARTS) is 1. The van der Waals surface area contributed by atoms with E-state index in [0.29, 0.717) is 18.8 Å². The van der Waals surface area contributed by atoms with Crippen molar-refractivity contribution in [2.45, 2.75) is 26.3 Å². The SMILES string of the molecule is COc1cccc(Cc2nnnn2CC(C)CC(=O)O)c1. The highest BCUT2D eigenvalue weighted by Gasteiger charge is 2.13. The van der Waals surface area contributed by atoms with Crippen LogP contribution < -0.4 is 4.74 Å². The van der Waals surface area contributed by atoms with Crippen molar-refractivity contribution in [1.82, 2.24) is 20.2 Å². The Morgan fingerprint density at radius 2 is 2.29 bits per heavy atom. The predicted molar refractivity (Wildman–Crippen MR) is 75.0 cm³/mol. The van der Waals surface area contributed by atoms with Gasteiger partial charge in [0.05, 0.1) is 7.11 Å². The first-order valence-electron chi connectivity index (χ1n) is 6.68. The van der Waals surface area contributed by atoms with Crippen LogP contribution in [0.1, 0.15) is 24.7 Å². The maximum Gasteiger partial charge on any atom is 0.303 e. The van der Waals surface area contributed by atoms with Crippen LogP contribution in [-0.4, -0.2) is 38.4 Å². The van der Waals surface area contributed by atoms with Crippen molar-refractivity contribution in [3.8, 4) is 5.75 Å². The zero-order valence-corrected chi connectivity index (χ0v) is 12.1. The molecular weight excluding hydrogens is 272 g/mol. The van der Waals surface area contributed by atoms with Crippen molar-refractivity contribution < 1.29 is 14.6 Å². The summed E-state index contributed by atoms with van der Waals surface area (Å²) < 4.78 is 6.85. The highest BCUT2D eigenvalue weighted by Crippen LogP contribution is 2.15. The van der Waals surface area contributed by atoms with E-state index in [1.165, 1.54) is 0 Å². The minimum absolute atomic E-state index is 0.0324. The summed E-state index contributed by atoms with van der Waals surface area (Å²) in [6.07, 6.45) is 0.669.